The number of fused-ring (bicyclic) bond motifs is 1. The lowest BCUT2D eigenvalue weighted by molar-refractivity contribution is -0.138. The molecule has 3 aromatic rings. The maximum Gasteiger partial charge on any atom is 0.303 e. The minimum Gasteiger partial charge on any atom is -0.490 e. The molecule has 1 amide bonds. The molecule has 29 heavy (non-hydrogen) atoms. The van der Waals surface area contributed by atoms with Crippen LogP contribution in [0.2, 0.25) is 0 Å². The Hall–Kier alpha value is -3.54. The van der Waals surface area contributed by atoms with Gasteiger partial charge in [-0.2, -0.15) is 0 Å². The summed E-state index contributed by atoms with van der Waals surface area (Å²) in [5.41, 5.74) is 0.877. The van der Waals surface area contributed by atoms with Crippen molar-refractivity contribution in [3.63, 3.8) is 0 Å². The Balaban J connectivity index is 1.42. The van der Waals surface area contributed by atoms with Crippen LogP contribution in [0.25, 0.3) is 10.8 Å². The van der Waals surface area contributed by atoms with Gasteiger partial charge in [0, 0.05) is 13.0 Å². The second-order valence-electron chi connectivity index (χ2n) is 6.52. The van der Waals surface area contributed by atoms with Crippen molar-refractivity contribution in [1.82, 2.24) is 5.32 Å². The predicted molar refractivity (Wildman–Crippen MR) is 110 cm³/mol. The van der Waals surface area contributed by atoms with Crippen molar-refractivity contribution in [2.24, 2.45) is 0 Å². The Morgan fingerprint density at radius 1 is 0.793 bits per heavy atom. The van der Waals surface area contributed by atoms with Gasteiger partial charge in [-0.1, -0.05) is 42.5 Å². The SMILES string of the molecule is O=C(O)CCC(=O)NCc1cccc(OCCOc2ccc3ccccc3c2)c1. The minimum atomic E-state index is -0.985. The molecule has 0 bridgehead atoms. The summed E-state index contributed by atoms with van der Waals surface area (Å²) in [6.45, 7) is 1.12. The number of amides is 1. The number of carboxylic acid groups (broad SMARTS) is 1. The van der Waals surface area contributed by atoms with E-state index in [0.717, 1.165) is 16.7 Å². The van der Waals surface area contributed by atoms with Gasteiger partial charge in [-0.05, 0) is 40.6 Å². The maximum absolute atomic E-state index is 11.6. The highest BCUT2D eigenvalue weighted by molar-refractivity contribution is 5.83. The molecule has 0 aliphatic carbocycles. The van der Waals surface area contributed by atoms with Gasteiger partial charge in [0.15, 0.2) is 0 Å². The highest BCUT2D eigenvalue weighted by Crippen LogP contribution is 2.20. The van der Waals surface area contributed by atoms with Crippen LogP contribution in [0.15, 0.2) is 66.7 Å². The van der Waals surface area contributed by atoms with Crippen molar-refractivity contribution in [3.05, 3.63) is 72.3 Å². The Morgan fingerprint density at radius 3 is 2.28 bits per heavy atom. The second kappa shape index (κ2) is 10.1. The van der Waals surface area contributed by atoms with Crippen molar-refractivity contribution in [2.75, 3.05) is 13.2 Å². The van der Waals surface area contributed by atoms with Crippen LogP contribution in [0.1, 0.15) is 18.4 Å². The zero-order valence-corrected chi connectivity index (χ0v) is 16.0. The molecule has 0 fully saturated rings. The highest BCUT2D eigenvalue weighted by atomic mass is 16.5. The van der Waals surface area contributed by atoms with Gasteiger partial charge in [0.25, 0.3) is 0 Å². The molecule has 2 N–H and O–H groups in total. The zero-order chi connectivity index (χ0) is 20.5. The standard InChI is InChI=1S/C23H23NO5/c25-22(10-11-23(26)27)24-16-17-4-3-7-20(14-17)28-12-13-29-21-9-8-18-5-1-2-6-19(18)15-21/h1-9,14-15H,10-13,16H2,(H,24,25)(H,26,27). The summed E-state index contributed by atoms with van der Waals surface area (Å²) in [6, 6.07) is 21.5. The Bertz CT molecular complexity index is 986. The molecule has 0 saturated carbocycles. The van der Waals surface area contributed by atoms with E-state index in [9.17, 15) is 9.59 Å². The third kappa shape index (κ3) is 6.53. The molecule has 0 aliphatic rings. The summed E-state index contributed by atoms with van der Waals surface area (Å²) < 4.78 is 11.5. The van der Waals surface area contributed by atoms with Gasteiger partial charge in [0.05, 0.1) is 6.42 Å². The van der Waals surface area contributed by atoms with Gasteiger partial charge >= 0.3 is 5.97 Å². The van der Waals surface area contributed by atoms with Crippen molar-refractivity contribution < 1.29 is 24.2 Å². The van der Waals surface area contributed by atoms with E-state index in [0.29, 0.717) is 25.5 Å². The third-order valence-electron chi connectivity index (χ3n) is 4.30. The quantitative estimate of drug-likeness (QED) is 0.512. The summed E-state index contributed by atoms with van der Waals surface area (Å²) in [7, 11) is 0. The zero-order valence-electron chi connectivity index (χ0n) is 16.0. The number of hydrogen-bond donors (Lipinski definition) is 2. The van der Waals surface area contributed by atoms with Crippen LogP contribution in [0.5, 0.6) is 11.5 Å². The maximum atomic E-state index is 11.6. The Morgan fingerprint density at radius 2 is 1.52 bits per heavy atom. The number of nitrogens with one attached hydrogen (secondary N) is 1. The van der Waals surface area contributed by atoms with E-state index in [4.69, 9.17) is 14.6 Å². The van der Waals surface area contributed by atoms with Crippen LogP contribution in [0.4, 0.5) is 0 Å². The number of ether oxygens (including phenoxy) is 2. The molecule has 3 rings (SSSR count). The van der Waals surface area contributed by atoms with E-state index < -0.39 is 5.97 Å². The van der Waals surface area contributed by atoms with Gasteiger partial charge in [-0.3, -0.25) is 9.59 Å². The summed E-state index contributed by atoms with van der Waals surface area (Å²) in [5, 5.41) is 13.6. The van der Waals surface area contributed by atoms with Gasteiger partial charge in [0.1, 0.15) is 24.7 Å². The first kappa shape index (κ1) is 20.2. The first-order chi connectivity index (χ1) is 14.1. The predicted octanol–water partition coefficient (Wildman–Crippen LogP) is 3.78. The molecule has 0 saturated heterocycles. The molecule has 0 heterocycles. The highest BCUT2D eigenvalue weighted by Gasteiger charge is 2.05. The van der Waals surface area contributed by atoms with Crippen molar-refractivity contribution in [2.45, 2.75) is 19.4 Å². The van der Waals surface area contributed by atoms with Crippen LogP contribution in [0.3, 0.4) is 0 Å². The molecule has 150 valence electrons. The number of benzene rings is 3. The van der Waals surface area contributed by atoms with Gasteiger partial charge in [0.2, 0.25) is 5.91 Å². The summed E-state index contributed by atoms with van der Waals surface area (Å²) >= 11 is 0. The monoisotopic (exact) mass is 393 g/mol. The van der Waals surface area contributed by atoms with E-state index in [1.807, 2.05) is 60.7 Å². The van der Waals surface area contributed by atoms with E-state index in [1.165, 1.54) is 5.39 Å². The van der Waals surface area contributed by atoms with Crippen LogP contribution < -0.4 is 14.8 Å². The van der Waals surface area contributed by atoms with Gasteiger partial charge in [-0.15, -0.1) is 0 Å². The molecular formula is C23H23NO5. The smallest absolute Gasteiger partial charge is 0.303 e. The first-order valence-corrected chi connectivity index (χ1v) is 9.42. The lowest BCUT2D eigenvalue weighted by atomic mass is 10.1. The molecular weight excluding hydrogens is 370 g/mol. The topological polar surface area (TPSA) is 84.9 Å². The number of carboxylic acids is 1. The largest absolute Gasteiger partial charge is 0.490 e. The fraction of sp³-hybridized carbons (Fsp3) is 0.217. The molecule has 0 aromatic heterocycles. The Labute approximate surface area is 169 Å². The van der Waals surface area contributed by atoms with E-state index >= 15 is 0 Å². The van der Waals surface area contributed by atoms with Crippen molar-refractivity contribution in [3.8, 4) is 11.5 Å². The van der Waals surface area contributed by atoms with Crippen LogP contribution in [-0.4, -0.2) is 30.2 Å². The minimum absolute atomic E-state index is 0.0301. The number of aliphatic carboxylic acids is 1. The molecule has 3 aromatic carbocycles. The van der Waals surface area contributed by atoms with E-state index in [2.05, 4.69) is 11.4 Å². The third-order valence-corrected chi connectivity index (χ3v) is 4.30. The second-order valence-corrected chi connectivity index (χ2v) is 6.52. The number of carbonyl (C=O) groups excluding carboxylic acids is 1. The van der Waals surface area contributed by atoms with Crippen molar-refractivity contribution >= 4 is 22.6 Å². The molecule has 0 aliphatic heterocycles. The van der Waals surface area contributed by atoms with E-state index in [-0.39, 0.29) is 18.7 Å². The van der Waals surface area contributed by atoms with Crippen LogP contribution in [-0.2, 0) is 16.1 Å². The van der Waals surface area contributed by atoms with Crippen LogP contribution in [0, 0.1) is 0 Å². The fourth-order valence-electron chi connectivity index (χ4n) is 2.83. The Kier molecular flexibility index (Phi) is 7.05. The molecule has 6 heteroatoms. The molecule has 0 radical (unpaired) electrons. The average molecular weight is 393 g/mol. The normalized spacial score (nSPS) is 10.5. The summed E-state index contributed by atoms with van der Waals surface area (Å²) in [5.74, 6) is 0.207. The van der Waals surface area contributed by atoms with E-state index in [1.54, 1.807) is 0 Å². The van der Waals surface area contributed by atoms with Gasteiger partial charge in [-0.25, -0.2) is 0 Å². The summed E-state index contributed by atoms with van der Waals surface area (Å²) in [4.78, 5) is 22.1. The van der Waals surface area contributed by atoms with Crippen LogP contribution >= 0.6 is 0 Å². The lowest BCUT2D eigenvalue weighted by Gasteiger charge is -2.10. The summed E-state index contributed by atoms with van der Waals surface area (Å²) in [6.07, 6.45) is -0.205. The first-order valence-electron chi connectivity index (χ1n) is 9.42. The average Bonchev–Trinajstić information content (AvgIpc) is 2.74. The van der Waals surface area contributed by atoms with Crippen molar-refractivity contribution in [1.29, 1.82) is 0 Å². The molecule has 0 atom stereocenters. The fourth-order valence-corrected chi connectivity index (χ4v) is 2.83. The van der Waals surface area contributed by atoms with Gasteiger partial charge < -0.3 is 19.9 Å². The number of hydrogen-bond acceptors (Lipinski definition) is 4. The lowest BCUT2D eigenvalue weighted by Crippen LogP contribution is -2.23. The molecule has 6 nitrogen and oxygen atoms in total. The molecule has 0 unspecified atom stereocenters. The molecule has 0 spiro atoms. The number of rotatable bonds is 10. The number of carbonyl (C=O) groups is 2.